The summed E-state index contributed by atoms with van der Waals surface area (Å²) in [7, 11) is -3.42. The van der Waals surface area contributed by atoms with E-state index in [4.69, 9.17) is 0 Å². The van der Waals surface area contributed by atoms with Crippen LogP contribution < -0.4 is 10.0 Å². The quantitative estimate of drug-likeness (QED) is 0.296. The summed E-state index contributed by atoms with van der Waals surface area (Å²) in [5, 5.41) is 3.67. The van der Waals surface area contributed by atoms with Gasteiger partial charge in [0, 0.05) is 32.2 Å². The van der Waals surface area contributed by atoms with Gasteiger partial charge in [0.1, 0.15) is 11.6 Å². The van der Waals surface area contributed by atoms with Crippen LogP contribution in [0.3, 0.4) is 0 Å². The minimum absolute atomic E-state index is 0.206. The highest BCUT2D eigenvalue weighted by molar-refractivity contribution is 9.10. The van der Waals surface area contributed by atoms with Gasteiger partial charge >= 0.3 is 0 Å². The molecule has 1 amide bonds. The number of aryl methyl sites for hydroxylation is 1. The first-order chi connectivity index (χ1) is 15.5. The van der Waals surface area contributed by atoms with Crippen molar-refractivity contribution in [3.63, 3.8) is 0 Å². The van der Waals surface area contributed by atoms with Crippen LogP contribution in [0.5, 0.6) is 0 Å². The first-order valence-corrected chi connectivity index (χ1v) is 13.1. The molecule has 0 saturated heterocycles. The monoisotopic (exact) mass is 550 g/mol. The Hall–Kier alpha value is -2.82. The highest BCUT2D eigenvalue weighted by Crippen LogP contribution is 2.34. The molecule has 0 radical (unpaired) electrons. The number of sulfonamides is 1. The summed E-state index contributed by atoms with van der Waals surface area (Å²) in [6.45, 7) is 1.82. The van der Waals surface area contributed by atoms with Gasteiger partial charge in [0.2, 0.25) is 10.0 Å². The van der Waals surface area contributed by atoms with Crippen molar-refractivity contribution in [3.8, 4) is 11.1 Å². The molecule has 2 N–H and O–H groups in total. The number of hydrogen-bond donors (Lipinski definition) is 2. The molecule has 5 nitrogen and oxygen atoms in total. The van der Waals surface area contributed by atoms with Crippen molar-refractivity contribution in [2.45, 2.75) is 6.92 Å². The first kappa shape index (κ1) is 23.3. The summed E-state index contributed by atoms with van der Waals surface area (Å²) in [5.74, 6) is -1.73. The molecule has 3 aromatic carbocycles. The maximum atomic E-state index is 14.2. The van der Waals surface area contributed by atoms with Gasteiger partial charge in [-0.2, -0.15) is 0 Å². The van der Waals surface area contributed by atoms with Gasteiger partial charge in [0.05, 0.1) is 11.1 Å². The number of rotatable bonds is 5. The zero-order valence-corrected chi connectivity index (χ0v) is 20.6. The average molecular weight is 551 g/mol. The zero-order chi connectivity index (χ0) is 23.9. The summed E-state index contributed by atoms with van der Waals surface area (Å²) >= 11 is 4.61. The number of anilines is 2. The summed E-state index contributed by atoms with van der Waals surface area (Å²) in [6, 6.07) is 13.4. The first-order valence-electron chi connectivity index (χ1n) is 9.58. The van der Waals surface area contributed by atoms with Crippen LogP contribution in [-0.2, 0) is 10.0 Å². The van der Waals surface area contributed by atoms with Gasteiger partial charge in [0.15, 0.2) is 0 Å². The van der Waals surface area contributed by atoms with E-state index in [1.54, 1.807) is 36.4 Å². The third-order valence-corrected chi connectivity index (χ3v) is 7.16. The molecule has 0 bridgehead atoms. The smallest absolute Gasteiger partial charge is 0.266 e. The Balaban J connectivity index is 1.65. The minimum atomic E-state index is -3.42. The van der Waals surface area contributed by atoms with Crippen LogP contribution in [-0.4, -0.2) is 20.6 Å². The number of amides is 1. The fourth-order valence-electron chi connectivity index (χ4n) is 3.45. The number of fused-ring (bicyclic) bond motifs is 1. The maximum absolute atomic E-state index is 14.2. The Morgan fingerprint density at radius 1 is 1.00 bits per heavy atom. The van der Waals surface area contributed by atoms with Crippen LogP contribution in [0, 0.1) is 18.6 Å². The van der Waals surface area contributed by atoms with Crippen molar-refractivity contribution in [1.82, 2.24) is 0 Å². The molecule has 0 fully saturated rings. The van der Waals surface area contributed by atoms with Crippen LogP contribution in [0.4, 0.5) is 20.2 Å². The number of benzene rings is 3. The van der Waals surface area contributed by atoms with Gasteiger partial charge < -0.3 is 5.32 Å². The summed E-state index contributed by atoms with van der Waals surface area (Å²) in [4.78, 5) is 13.5. The molecule has 4 rings (SSSR count). The second kappa shape index (κ2) is 8.85. The normalized spacial score (nSPS) is 11.5. The Labute approximate surface area is 201 Å². The summed E-state index contributed by atoms with van der Waals surface area (Å²) in [6.07, 6.45) is 1.07. The Bertz CT molecular complexity index is 1520. The molecule has 0 saturated carbocycles. The molecule has 33 heavy (non-hydrogen) atoms. The largest absolute Gasteiger partial charge is 0.321 e. The van der Waals surface area contributed by atoms with Gasteiger partial charge in [-0.25, -0.2) is 17.2 Å². The van der Waals surface area contributed by atoms with Gasteiger partial charge in [0.25, 0.3) is 5.91 Å². The van der Waals surface area contributed by atoms with Gasteiger partial charge in [-0.3, -0.25) is 9.52 Å². The Morgan fingerprint density at radius 2 is 1.76 bits per heavy atom. The molecular formula is C23H17BrF2N2O3S2. The summed E-state index contributed by atoms with van der Waals surface area (Å²) < 4.78 is 54.3. The molecule has 0 atom stereocenters. The van der Waals surface area contributed by atoms with Crippen LogP contribution in [0.15, 0.2) is 59.1 Å². The third kappa shape index (κ3) is 5.23. The van der Waals surface area contributed by atoms with Crippen molar-refractivity contribution < 1.29 is 22.0 Å². The molecule has 0 aliphatic carbocycles. The predicted octanol–water partition coefficient (Wildman–Crippen LogP) is 6.54. The van der Waals surface area contributed by atoms with Crippen molar-refractivity contribution in [3.05, 3.63) is 81.1 Å². The van der Waals surface area contributed by atoms with Gasteiger partial charge in [-0.1, -0.05) is 22.0 Å². The topological polar surface area (TPSA) is 75.3 Å². The van der Waals surface area contributed by atoms with Crippen molar-refractivity contribution in [1.29, 1.82) is 0 Å². The number of halogens is 3. The summed E-state index contributed by atoms with van der Waals surface area (Å²) in [5.41, 5.74) is 2.29. The van der Waals surface area contributed by atoms with Crippen LogP contribution in [0.25, 0.3) is 21.2 Å². The lowest BCUT2D eigenvalue weighted by Crippen LogP contribution is -2.11. The highest BCUT2D eigenvalue weighted by atomic mass is 79.9. The van der Waals surface area contributed by atoms with Crippen molar-refractivity contribution in [2.75, 3.05) is 16.3 Å². The zero-order valence-electron chi connectivity index (χ0n) is 17.4. The van der Waals surface area contributed by atoms with E-state index in [0.29, 0.717) is 26.3 Å². The predicted molar refractivity (Wildman–Crippen MR) is 132 cm³/mol. The number of nitrogens with one attached hydrogen (secondary N) is 2. The molecule has 170 valence electrons. The SMILES string of the molecule is Cc1c(C(=O)Nc2cc(Br)cc(-c3ccc(F)cc3F)c2)sc2cc(NS(C)(=O)=O)ccc12. The van der Waals surface area contributed by atoms with E-state index in [0.717, 1.165) is 28.0 Å². The van der Waals surface area contributed by atoms with E-state index in [9.17, 15) is 22.0 Å². The maximum Gasteiger partial charge on any atom is 0.266 e. The van der Waals surface area contributed by atoms with Crippen molar-refractivity contribution >= 4 is 64.7 Å². The minimum Gasteiger partial charge on any atom is -0.321 e. The lowest BCUT2D eigenvalue weighted by molar-refractivity contribution is 0.103. The fourth-order valence-corrected chi connectivity index (χ4v) is 5.64. The Morgan fingerprint density at radius 3 is 2.45 bits per heavy atom. The van der Waals surface area contributed by atoms with E-state index < -0.39 is 21.7 Å². The van der Waals surface area contributed by atoms with Gasteiger partial charge in [-0.05, 0) is 65.9 Å². The Kier molecular flexibility index (Phi) is 6.26. The van der Waals surface area contributed by atoms with E-state index in [1.807, 2.05) is 6.92 Å². The van der Waals surface area contributed by atoms with E-state index in [-0.39, 0.29) is 11.5 Å². The average Bonchev–Trinajstić information content (AvgIpc) is 3.02. The van der Waals surface area contributed by atoms with Gasteiger partial charge in [-0.15, -0.1) is 11.3 Å². The van der Waals surface area contributed by atoms with E-state index in [2.05, 4.69) is 26.0 Å². The molecule has 1 aromatic heterocycles. The molecule has 0 aliphatic rings. The number of carbonyl (C=O) groups is 1. The highest BCUT2D eigenvalue weighted by Gasteiger charge is 2.17. The van der Waals surface area contributed by atoms with Crippen LogP contribution in [0.1, 0.15) is 15.2 Å². The number of thiophene rings is 1. The molecular weight excluding hydrogens is 534 g/mol. The molecule has 4 aromatic rings. The number of hydrogen-bond acceptors (Lipinski definition) is 4. The van der Waals surface area contributed by atoms with Crippen LogP contribution in [0.2, 0.25) is 0 Å². The fraction of sp³-hybridized carbons (Fsp3) is 0.0870. The number of carbonyl (C=O) groups excluding carboxylic acids is 1. The molecule has 1 heterocycles. The van der Waals surface area contributed by atoms with E-state index >= 15 is 0 Å². The lowest BCUT2D eigenvalue weighted by atomic mass is 10.0. The molecule has 0 aliphatic heterocycles. The van der Waals surface area contributed by atoms with Crippen molar-refractivity contribution in [2.24, 2.45) is 0 Å². The molecule has 10 heteroatoms. The standard InChI is InChI=1S/C23H17BrF2N2O3S2/c1-12-18-6-4-16(28-33(2,30)31)11-21(18)32-22(12)23(29)27-17-8-13(7-14(24)9-17)19-5-3-15(25)10-20(19)26/h3-11,28H,1-2H3,(H,27,29). The second-order valence-electron chi connectivity index (χ2n) is 7.45. The molecule has 0 unspecified atom stereocenters. The van der Waals surface area contributed by atoms with E-state index in [1.165, 1.54) is 23.5 Å². The van der Waals surface area contributed by atoms with Crippen LogP contribution >= 0.6 is 27.3 Å². The third-order valence-electron chi connectivity index (χ3n) is 4.85. The lowest BCUT2D eigenvalue weighted by Gasteiger charge is -2.10. The molecule has 0 spiro atoms. The second-order valence-corrected chi connectivity index (χ2v) is 11.2.